The van der Waals surface area contributed by atoms with E-state index in [1.807, 2.05) is 37.4 Å². The first-order valence-electron chi connectivity index (χ1n) is 8.71. The standard InChI is InChI=1S/C17H23N9/c1-12-9-14(22-17(21-12)23(3)4)24-5-7-25(8-6-24)15-10-13(2)20-16-18-11-19-26(15)16/h9-11H,5-8H2,1-4H3. The molecule has 0 unspecified atom stereocenters. The summed E-state index contributed by atoms with van der Waals surface area (Å²) in [4.78, 5) is 24.4. The van der Waals surface area contributed by atoms with Crippen molar-refractivity contribution in [3.05, 3.63) is 29.8 Å². The van der Waals surface area contributed by atoms with Crippen LogP contribution in [0, 0.1) is 13.8 Å². The van der Waals surface area contributed by atoms with Gasteiger partial charge in [0.1, 0.15) is 18.0 Å². The molecular formula is C17H23N9. The summed E-state index contributed by atoms with van der Waals surface area (Å²) in [7, 11) is 3.93. The lowest BCUT2D eigenvalue weighted by Crippen LogP contribution is -2.47. The molecule has 3 aromatic rings. The minimum Gasteiger partial charge on any atom is -0.353 e. The van der Waals surface area contributed by atoms with Crippen LogP contribution in [0.5, 0.6) is 0 Å². The summed E-state index contributed by atoms with van der Waals surface area (Å²) in [5.74, 6) is 3.41. The molecule has 26 heavy (non-hydrogen) atoms. The maximum absolute atomic E-state index is 4.69. The molecule has 4 heterocycles. The summed E-state index contributed by atoms with van der Waals surface area (Å²) in [6.07, 6.45) is 1.55. The number of aromatic nitrogens is 6. The number of piperazine rings is 1. The average molecular weight is 353 g/mol. The fourth-order valence-electron chi connectivity index (χ4n) is 3.20. The van der Waals surface area contributed by atoms with Crippen molar-refractivity contribution < 1.29 is 0 Å². The Bertz CT molecular complexity index is 925. The molecule has 0 spiro atoms. The van der Waals surface area contributed by atoms with Gasteiger partial charge in [-0.05, 0) is 13.8 Å². The van der Waals surface area contributed by atoms with E-state index in [4.69, 9.17) is 4.98 Å². The van der Waals surface area contributed by atoms with Crippen LogP contribution in [0.4, 0.5) is 17.6 Å². The van der Waals surface area contributed by atoms with Gasteiger partial charge in [0.2, 0.25) is 5.95 Å². The van der Waals surface area contributed by atoms with Crippen LogP contribution in [0.2, 0.25) is 0 Å². The van der Waals surface area contributed by atoms with E-state index in [-0.39, 0.29) is 0 Å². The first-order chi connectivity index (χ1) is 12.5. The molecule has 1 fully saturated rings. The Hall–Kier alpha value is -2.97. The second kappa shape index (κ2) is 6.40. The van der Waals surface area contributed by atoms with E-state index in [0.717, 1.165) is 55.2 Å². The Labute approximate surface area is 152 Å². The van der Waals surface area contributed by atoms with Gasteiger partial charge < -0.3 is 14.7 Å². The van der Waals surface area contributed by atoms with Crippen molar-refractivity contribution in [1.29, 1.82) is 0 Å². The van der Waals surface area contributed by atoms with Crippen molar-refractivity contribution in [3.8, 4) is 0 Å². The molecular weight excluding hydrogens is 330 g/mol. The average Bonchev–Trinajstić information content (AvgIpc) is 3.09. The van der Waals surface area contributed by atoms with E-state index in [9.17, 15) is 0 Å². The second-order valence-corrected chi connectivity index (χ2v) is 6.76. The number of rotatable bonds is 3. The lowest BCUT2D eigenvalue weighted by atomic mass is 10.3. The fourth-order valence-corrected chi connectivity index (χ4v) is 3.20. The van der Waals surface area contributed by atoms with Crippen molar-refractivity contribution in [2.45, 2.75) is 13.8 Å². The lowest BCUT2D eigenvalue weighted by molar-refractivity contribution is 0.632. The van der Waals surface area contributed by atoms with Gasteiger partial charge in [0.25, 0.3) is 5.78 Å². The van der Waals surface area contributed by atoms with Gasteiger partial charge in [0.05, 0.1) is 0 Å². The van der Waals surface area contributed by atoms with Crippen LogP contribution in [0.15, 0.2) is 18.5 Å². The number of nitrogens with zero attached hydrogens (tertiary/aromatic N) is 9. The molecule has 9 nitrogen and oxygen atoms in total. The molecule has 0 N–H and O–H groups in total. The highest BCUT2D eigenvalue weighted by Crippen LogP contribution is 2.21. The van der Waals surface area contributed by atoms with E-state index < -0.39 is 0 Å². The number of hydrogen-bond acceptors (Lipinski definition) is 8. The molecule has 0 aromatic carbocycles. The zero-order valence-electron chi connectivity index (χ0n) is 15.6. The predicted octanol–water partition coefficient (Wildman–Crippen LogP) is 0.924. The maximum Gasteiger partial charge on any atom is 0.254 e. The highest BCUT2D eigenvalue weighted by atomic mass is 15.4. The second-order valence-electron chi connectivity index (χ2n) is 6.76. The number of anilines is 3. The van der Waals surface area contributed by atoms with Crippen molar-refractivity contribution in [3.63, 3.8) is 0 Å². The molecule has 0 saturated carbocycles. The molecule has 0 amide bonds. The van der Waals surface area contributed by atoms with E-state index >= 15 is 0 Å². The topological polar surface area (TPSA) is 78.6 Å². The summed E-state index contributed by atoms with van der Waals surface area (Å²) in [6, 6.07) is 4.12. The highest BCUT2D eigenvalue weighted by Gasteiger charge is 2.22. The zero-order valence-corrected chi connectivity index (χ0v) is 15.6. The third-order valence-electron chi connectivity index (χ3n) is 4.52. The summed E-state index contributed by atoms with van der Waals surface area (Å²) in [6.45, 7) is 7.55. The molecule has 4 rings (SSSR count). The van der Waals surface area contributed by atoms with Crippen LogP contribution >= 0.6 is 0 Å². The number of aryl methyl sites for hydroxylation is 2. The van der Waals surface area contributed by atoms with Crippen LogP contribution in [-0.4, -0.2) is 69.8 Å². The molecule has 1 saturated heterocycles. The van der Waals surface area contributed by atoms with Gasteiger partial charge in [0, 0.05) is 63.8 Å². The van der Waals surface area contributed by atoms with Gasteiger partial charge in [-0.3, -0.25) is 0 Å². The van der Waals surface area contributed by atoms with E-state index in [0.29, 0.717) is 5.78 Å². The zero-order chi connectivity index (χ0) is 18.3. The summed E-state index contributed by atoms with van der Waals surface area (Å²) in [5.41, 5.74) is 1.93. The van der Waals surface area contributed by atoms with Gasteiger partial charge >= 0.3 is 0 Å². The molecule has 3 aromatic heterocycles. The fraction of sp³-hybridized carbons (Fsp3) is 0.471. The predicted molar refractivity (Wildman–Crippen MR) is 101 cm³/mol. The minimum atomic E-state index is 0.643. The van der Waals surface area contributed by atoms with Gasteiger partial charge in [0.15, 0.2) is 0 Å². The number of hydrogen-bond donors (Lipinski definition) is 0. The molecule has 136 valence electrons. The molecule has 0 aliphatic carbocycles. The molecule has 0 radical (unpaired) electrons. The third-order valence-corrected chi connectivity index (χ3v) is 4.52. The van der Waals surface area contributed by atoms with Crippen LogP contribution in [0.1, 0.15) is 11.4 Å². The highest BCUT2D eigenvalue weighted by molar-refractivity contribution is 5.51. The Balaban J connectivity index is 1.55. The molecule has 1 aliphatic heterocycles. The summed E-state index contributed by atoms with van der Waals surface area (Å²) >= 11 is 0. The molecule has 9 heteroatoms. The van der Waals surface area contributed by atoms with E-state index in [2.05, 4.69) is 42.0 Å². The summed E-state index contributed by atoms with van der Waals surface area (Å²) < 4.78 is 1.81. The van der Waals surface area contributed by atoms with E-state index in [1.165, 1.54) is 0 Å². The first-order valence-corrected chi connectivity index (χ1v) is 8.71. The largest absolute Gasteiger partial charge is 0.353 e. The maximum atomic E-state index is 4.69. The van der Waals surface area contributed by atoms with Gasteiger partial charge in [-0.1, -0.05) is 0 Å². The Morgan fingerprint density at radius 1 is 0.885 bits per heavy atom. The van der Waals surface area contributed by atoms with Gasteiger partial charge in [-0.2, -0.15) is 19.6 Å². The van der Waals surface area contributed by atoms with Crippen LogP contribution in [0.25, 0.3) is 5.78 Å². The first kappa shape index (κ1) is 16.5. The third kappa shape index (κ3) is 3.00. The van der Waals surface area contributed by atoms with Gasteiger partial charge in [-0.25, -0.2) is 9.97 Å². The Morgan fingerprint density at radius 3 is 2.31 bits per heavy atom. The van der Waals surface area contributed by atoms with Crippen LogP contribution < -0.4 is 14.7 Å². The molecule has 0 atom stereocenters. The Kier molecular flexibility index (Phi) is 4.06. The monoisotopic (exact) mass is 353 g/mol. The van der Waals surface area contributed by atoms with Crippen molar-refractivity contribution in [1.82, 2.24) is 29.5 Å². The van der Waals surface area contributed by atoms with Gasteiger partial charge in [-0.15, -0.1) is 0 Å². The Morgan fingerprint density at radius 2 is 1.58 bits per heavy atom. The lowest BCUT2D eigenvalue weighted by Gasteiger charge is -2.36. The van der Waals surface area contributed by atoms with Crippen molar-refractivity contribution in [2.75, 3.05) is 55.0 Å². The van der Waals surface area contributed by atoms with Crippen LogP contribution in [-0.2, 0) is 0 Å². The quantitative estimate of drug-likeness (QED) is 0.688. The SMILES string of the molecule is Cc1cc(N2CCN(c3cc(C)nc4ncnn34)CC2)nc(N(C)C)n1. The molecule has 1 aliphatic rings. The van der Waals surface area contributed by atoms with Crippen LogP contribution in [0.3, 0.4) is 0 Å². The molecule has 0 bridgehead atoms. The van der Waals surface area contributed by atoms with E-state index in [1.54, 1.807) is 6.33 Å². The summed E-state index contributed by atoms with van der Waals surface area (Å²) in [5, 5.41) is 4.32. The normalized spacial score (nSPS) is 14.9. The van der Waals surface area contributed by atoms with Crippen molar-refractivity contribution in [2.24, 2.45) is 0 Å². The number of fused-ring (bicyclic) bond motifs is 1. The smallest absolute Gasteiger partial charge is 0.254 e. The minimum absolute atomic E-state index is 0.643. The van der Waals surface area contributed by atoms with Crippen molar-refractivity contribution >= 4 is 23.4 Å².